The highest BCUT2D eigenvalue weighted by molar-refractivity contribution is 7.89. The van der Waals surface area contributed by atoms with Crippen LogP contribution in [-0.2, 0) is 16.2 Å². The van der Waals surface area contributed by atoms with Gasteiger partial charge in [0.25, 0.3) is 5.91 Å². The molecule has 0 aliphatic heterocycles. The lowest BCUT2D eigenvalue weighted by Crippen LogP contribution is -2.17. The number of anilines is 1. The van der Waals surface area contributed by atoms with Crippen LogP contribution in [0.25, 0.3) is 0 Å². The van der Waals surface area contributed by atoms with Gasteiger partial charge in [0.1, 0.15) is 17.2 Å². The van der Waals surface area contributed by atoms with Gasteiger partial charge in [0.15, 0.2) is 0 Å². The van der Waals surface area contributed by atoms with Gasteiger partial charge in [-0.05, 0) is 60.7 Å². The third kappa shape index (κ3) is 7.10. The SMILES string of the molecule is NS(=O)(=O)c1cccc(NC(=O)c2cc(C(F)(F)F)ccc2Oc2ccc(OC(F)(F)F)cc2)c1. The molecule has 0 saturated carbocycles. The summed E-state index contributed by atoms with van der Waals surface area (Å²) < 4.78 is 109. The normalized spacial score (nSPS) is 12.2. The average molecular weight is 520 g/mol. The standard InChI is InChI=1S/C21H14F6N2O5S/c22-20(23,24)12-4-9-18(33-14-5-7-15(8-6-14)34-21(25,26)27)17(10-12)19(30)29-13-2-1-3-16(11-13)35(28,31)32/h1-11H,(H,29,30)(H2,28,31,32). The molecule has 0 atom stereocenters. The lowest BCUT2D eigenvalue weighted by atomic mass is 10.1. The van der Waals surface area contributed by atoms with Crippen molar-refractivity contribution in [3.05, 3.63) is 77.9 Å². The summed E-state index contributed by atoms with van der Waals surface area (Å²) in [5.74, 6) is -2.12. The van der Waals surface area contributed by atoms with E-state index in [-0.39, 0.29) is 22.1 Å². The molecule has 1 amide bonds. The molecular weight excluding hydrogens is 506 g/mol. The molecule has 0 heterocycles. The monoisotopic (exact) mass is 520 g/mol. The number of hydrogen-bond acceptors (Lipinski definition) is 5. The summed E-state index contributed by atoms with van der Waals surface area (Å²) in [7, 11) is -4.12. The van der Waals surface area contributed by atoms with Gasteiger partial charge in [0.2, 0.25) is 10.0 Å². The van der Waals surface area contributed by atoms with Crippen LogP contribution >= 0.6 is 0 Å². The van der Waals surface area contributed by atoms with Gasteiger partial charge >= 0.3 is 12.5 Å². The van der Waals surface area contributed by atoms with E-state index in [1.807, 2.05) is 0 Å². The molecule has 0 bridgehead atoms. The zero-order valence-corrected chi connectivity index (χ0v) is 18.0. The van der Waals surface area contributed by atoms with E-state index in [9.17, 15) is 39.6 Å². The summed E-state index contributed by atoms with van der Waals surface area (Å²) >= 11 is 0. The molecule has 0 radical (unpaired) electrons. The fourth-order valence-corrected chi connectivity index (χ4v) is 3.32. The summed E-state index contributed by atoms with van der Waals surface area (Å²) in [5.41, 5.74) is -1.85. The van der Waals surface area contributed by atoms with Gasteiger partial charge in [0, 0.05) is 5.69 Å². The number of carbonyl (C=O) groups excluding carboxylic acids is 1. The van der Waals surface area contributed by atoms with Gasteiger partial charge in [-0.1, -0.05) is 6.07 Å². The first-order valence-corrected chi connectivity index (χ1v) is 10.9. The van der Waals surface area contributed by atoms with E-state index in [1.165, 1.54) is 12.1 Å². The highest BCUT2D eigenvalue weighted by atomic mass is 32.2. The van der Waals surface area contributed by atoms with Crippen LogP contribution < -0.4 is 19.9 Å². The fraction of sp³-hybridized carbons (Fsp3) is 0.0952. The molecule has 0 unspecified atom stereocenters. The Kier molecular flexibility index (Phi) is 6.98. The predicted molar refractivity (Wildman–Crippen MR) is 110 cm³/mol. The van der Waals surface area contributed by atoms with Crippen molar-refractivity contribution in [1.29, 1.82) is 0 Å². The van der Waals surface area contributed by atoms with Gasteiger partial charge in [0.05, 0.1) is 16.0 Å². The molecule has 0 spiro atoms. The molecule has 35 heavy (non-hydrogen) atoms. The van der Waals surface area contributed by atoms with Crippen molar-refractivity contribution < 1.29 is 49.0 Å². The van der Waals surface area contributed by atoms with Crippen molar-refractivity contribution in [2.45, 2.75) is 17.4 Å². The van der Waals surface area contributed by atoms with Crippen LogP contribution in [0.15, 0.2) is 71.6 Å². The van der Waals surface area contributed by atoms with Crippen LogP contribution in [0.4, 0.5) is 32.0 Å². The number of benzene rings is 3. The molecule has 3 aromatic rings. The minimum absolute atomic E-state index is 0.0847. The first-order valence-electron chi connectivity index (χ1n) is 9.31. The Balaban J connectivity index is 1.93. The zero-order valence-electron chi connectivity index (χ0n) is 17.1. The Hall–Kier alpha value is -3.78. The molecule has 7 nitrogen and oxygen atoms in total. The largest absolute Gasteiger partial charge is 0.573 e. The first kappa shape index (κ1) is 25.8. The van der Waals surface area contributed by atoms with E-state index >= 15 is 0 Å². The van der Waals surface area contributed by atoms with E-state index in [0.717, 1.165) is 42.5 Å². The zero-order chi connectivity index (χ0) is 26.0. The molecule has 0 saturated heterocycles. The molecule has 0 aliphatic carbocycles. The summed E-state index contributed by atoms with van der Waals surface area (Å²) in [6.45, 7) is 0. The molecule has 0 aliphatic rings. The van der Waals surface area contributed by atoms with E-state index < -0.39 is 45.3 Å². The summed E-state index contributed by atoms with van der Waals surface area (Å²) in [6.07, 6.45) is -9.74. The molecule has 14 heteroatoms. The molecular formula is C21H14F6N2O5S. The Morgan fingerprint density at radius 1 is 0.857 bits per heavy atom. The second-order valence-corrected chi connectivity index (χ2v) is 8.42. The number of alkyl halides is 6. The smallest absolute Gasteiger partial charge is 0.457 e. The molecule has 0 fully saturated rings. The van der Waals surface area contributed by atoms with Crippen LogP contribution in [0.5, 0.6) is 17.2 Å². The number of primary sulfonamides is 1. The predicted octanol–water partition coefficient (Wildman–Crippen LogP) is 5.30. The van der Waals surface area contributed by atoms with Crippen molar-refractivity contribution in [2.24, 2.45) is 5.14 Å². The summed E-state index contributed by atoms with van der Waals surface area (Å²) in [6, 6.07) is 10.6. The van der Waals surface area contributed by atoms with Crippen LogP contribution in [0, 0.1) is 0 Å². The lowest BCUT2D eigenvalue weighted by Gasteiger charge is -2.15. The Labute approximate surface area is 194 Å². The lowest BCUT2D eigenvalue weighted by molar-refractivity contribution is -0.274. The van der Waals surface area contributed by atoms with Crippen LogP contribution in [-0.4, -0.2) is 20.7 Å². The number of nitrogens with two attached hydrogens (primary N) is 1. The average Bonchev–Trinajstić information content (AvgIpc) is 2.73. The number of rotatable bonds is 6. The topological polar surface area (TPSA) is 108 Å². The van der Waals surface area contributed by atoms with Gasteiger partial charge in [-0.25, -0.2) is 13.6 Å². The van der Waals surface area contributed by atoms with Gasteiger partial charge in [-0.2, -0.15) is 13.2 Å². The van der Waals surface area contributed by atoms with Gasteiger partial charge in [-0.3, -0.25) is 4.79 Å². The Morgan fingerprint density at radius 2 is 1.49 bits per heavy atom. The number of carbonyl (C=O) groups is 1. The number of amides is 1. The number of halogens is 6. The van der Waals surface area contributed by atoms with Crippen molar-refractivity contribution in [3.8, 4) is 17.2 Å². The van der Waals surface area contributed by atoms with Crippen molar-refractivity contribution in [1.82, 2.24) is 0 Å². The maximum atomic E-state index is 13.2. The number of nitrogens with one attached hydrogen (secondary N) is 1. The number of hydrogen-bond donors (Lipinski definition) is 2. The summed E-state index contributed by atoms with van der Waals surface area (Å²) in [5, 5.41) is 7.29. The van der Waals surface area contributed by atoms with E-state index in [2.05, 4.69) is 10.1 Å². The molecule has 3 N–H and O–H groups in total. The second kappa shape index (κ2) is 9.46. The molecule has 3 rings (SSSR count). The van der Waals surface area contributed by atoms with Crippen molar-refractivity contribution in [3.63, 3.8) is 0 Å². The van der Waals surface area contributed by atoms with Crippen LogP contribution in [0.3, 0.4) is 0 Å². The minimum Gasteiger partial charge on any atom is -0.457 e. The number of sulfonamides is 1. The van der Waals surface area contributed by atoms with E-state index in [1.54, 1.807) is 0 Å². The third-order valence-electron chi connectivity index (χ3n) is 4.26. The van der Waals surface area contributed by atoms with Crippen LogP contribution in [0.2, 0.25) is 0 Å². The van der Waals surface area contributed by atoms with Gasteiger partial charge in [-0.15, -0.1) is 13.2 Å². The highest BCUT2D eigenvalue weighted by Crippen LogP contribution is 2.35. The highest BCUT2D eigenvalue weighted by Gasteiger charge is 2.33. The Bertz CT molecular complexity index is 1340. The van der Waals surface area contributed by atoms with E-state index in [0.29, 0.717) is 12.1 Å². The fourth-order valence-electron chi connectivity index (χ4n) is 2.76. The molecule has 3 aromatic carbocycles. The number of ether oxygens (including phenoxy) is 2. The van der Waals surface area contributed by atoms with Gasteiger partial charge < -0.3 is 14.8 Å². The summed E-state index contributed by atoms with van der Waals surface area (Å²) in [4.78, 5) is 12.4. The van der Waals surface area contributed by atoms with E-state index in [4.69, 9.17) is 9.88 Å². The van der Waals surface area contributed by atoms with Crippen molar-refractivity contribution in [2.75, 3.05) is 5.32 Å². The quantitative estimate of drug-likeness (QED) is 0.429. The maximum Gasteiger partial charge on any atom is 0.573 e. The molecule has 186 valence electrons. The minimum atomic E-state index is -4.93. The maximum absolute atomic E-state index is 13.2. The second-order valence-electron chi connectivity index (χ2n) is 6.86. The van der Waals surface area contributed by atoms with Crippen molar-refractivity contribution >= 4 is 21.6 Å². The Morgan fingerprint density at radius 3 is 2.06 bits per heavy atom. The first-order chi connectivity index (χ1) is 16.1. The third-order valence-corrected chi connectivity index (χ3v) is 5.17. The molecule has 0 aromatic heterocycles. The van der Waals surface area contributed by atoms with Crippen LogP contribution in [0.1, 0.15) is 15.9 Å².